The van der Waals surface area contributed by atoms with E-state index in [1.165, 1.54) is 0 Å². The normalized spacial score (nSPS) is 24.2. The number of ether oxygens (including phenoxy) is 4. The van der Waals surface area contributed by atoms with Gasteiger partial charge in [0.05, 0.1) is 49.2 Å². The van der Waals surface area contributed by atoms with Crippen LogP contribution in [0.25, 0.3) is 0 Å². The molecule has 0 saturated carbocycles. The van der Waals surface area contributed by atoms with Crippen molar-refractivity contribution in [3.8, 4) is 23.0 Å². The van der Waals surface area contributed by atoms with Gasteiger partial charge in [0, 0.05) is 26.0 Å². The van der Waals surface area contributed by atoms with Gasteiger partial charge in [0.1, 0.15) is 12.5 Å². The minimum Gasteiger partial charge on any atom is -0.493 e. The molecular weight excluding hydrogens is 554 g/mol. The third-order valence-electron chi connectivity index (χ3n) is 4.29. The predicted octanol–water partition coefficient (Wildman–Crippen LogP) is 3.09. The van der Waals surface area contributed by atoms with Crippen molar-refractivity contribution in [1.29, 1.82) is 0 Å². The number of phosphoric ester groups is 1. The van der Waals surface area contributed by atoms with Gasteiger partial charge >= 0.3 is 7.82 Å². The van der Waals surface area contributed by atoms with Gasteiger partial charge in [0.15, 0.2) is 40.3 Å². The van der Waals surface area contributed by atoms with E-state index in [4.69, 9.17) is 44.4 Å². The molecule has 3 aromatic rings. The summed E-state index contributed by atoms with van der Waals surface area (Å²) in [6.45, 7) is -12.5. The second-order valence-corrected chi connectivity index (χ2v) is 8.11. The fourth-order valence-corrected chi connectivity index (χ4v) is 2.93. The molecule has 0 fully saturated rings. The molecule has 0 aliphatic carbocycles. The summed E-state index contributed by atoms with van der Waals surface area (Å²) in [5, 5.41) is 4.03. The van der Waals surface area contributed by atoms with E-state index in [-0.39, 0.29) is 0 Å². The van der Waals surface area contributed by atoms with Gasteiger partial charge in [-0.3, -0.25) is 14.2 Å². The number of hydrogen-bond donors (Lipinski definition) is 4. The van der Waals surface area contributed by atoms with Crippen molar-refractivity contribution < 1.29 is 77.2 Å². The standard InChI is InChI=1S/C23H26FN6O9P/c1-23(2)21(31)30(11-38-40(32,33)34)20-14(39-23)6-7-17(28-20)27-19-13(24)10-25-22(29-19)26-12-8-15(35-3)18(37-5)16(9-12)36-4/h6-10H,11H2,1-5H3,(H2,32,33,34)(H2,25,26,27,28,29)/i1D3,2D3,3D3,4D3,5D3,6D,7D,8D,9D,10D,11D2. The van der Waals surface area contributed by atoms with Crippen LogP contribution in [-0.2, 0) is 13.9 Å². The van der Waals surface area contributed by atoms with Gasteiger partial charge in [-0.05, 0) is 25.8 Å². The molecule has 0 atom stereocenters. The van der Waals surface area contributed by atoms with Crippen molar-refractivity contribution in [1.82, 2.24) is 15.0 Å². The van der Waals surface area contributed by atoms with Crippen molar-refractivity contribution in [3.63, 3.8) is 0 Å². The Kier molecular flexibility index (Phi) is 3.25. The lowest BCUT2D eigenvalue weighted by Gasteiger charge is -2.37. The molecule has 1 aliphatic rings. The Bertz CT molecular complexity index is 2280. The van der Waals surface area contributed by atoms with Crippen molar-refractivity contribution >= 4 is 42.8 Å². The summed E-state index contributed by atoms with van der Waals surface area (Å²) in [4.78, 5) is 42.6. The van der Waals surface area contributed by atoms with Gasteiger partial charge in [0.2, 0.25) is 11.7 Å². The highest BCUT2D eigenvalue weighted by atomic mass is 31.2. The van der Waals surface area contributed by atoms with Crippen LogP contribution in [0.1, 0.15) is 43.9 Å². The smallest absolute Gasteiger partial charge is 0.471 e. The van der Waals surface area contributed by atoms with E-state index in [1.54, 1.807) is 0 Å². The van der Waals surface area contributed by atoms with Crippen LogP contribution in [0.5, 0.6) is 23.0 Å². The largest absolute Gasteiger partial charge is 0.493 e. The van der Waals surface area contributed by atoms with E-state index < -0.39 is 154 Å². The summed E-state index contributed by atoms with van der Waals surface area (Å²) in [6, 6.07) is -5.34. The number of fused-ring (bicyclic) bond motifs is 1. The van der Waals surface area contributed by atoms with Gasteiger partial charge in [-0.1, -0.05) is 0 Å². The SMILES string of the molecule is [2H]c1nc(Nc2c([2H])c(OC([2H])([2H])[2H])c(OC([2H])([2H])[2H])c(OC([2H])([2H])[2H])c2[2H])nc(Nc2nc3c(c([2H])c2[2H])OC(C([2H])([2H])[2H])(C([2H])([2H])[2H])C(=O)N3C([2H])([2H])OP(=O)(O)O)c1F. The number of hydrogen-bond acceptors (Lipinski definition) is 12. The molecule has 0 unspecified atom stereocenters. The summed E-state index contributed by atoms with van der Waals surface area (Å²) in [7, 11) is -16.6. The molecular formula is C23H26FN6O9P. The fraction of sp³-hybridized carbons (Fsp3) is 0.304. The Morgan fingerprint density at radius 3 is 2.55 bits per heavy atom. The molecule has 17 heteroatoms. The molecule has 4 N–H and O–H groups in total. The number of phosphoric acid groups is 1. The predicted molar refractivity (Wildman–Crippen MR) is 139 cm³/mol. The van der Waals surface area contributed by atoms with Crippen LogP contribution in [0, 0.1) is 5.82 Å². The zero-order chi connectivity index (χ0) is 47.9. The molecule has 214 valence electrons. The Balaban J connectivity index is 1.98. The van der Waals surface area contributed by atoms with E-state index >= 15 is 4.39 Å². The van der Waals surface area contributed by atoms with Crippen LogP contribution in [0.15, 0.2) is 30.3 Å². The Hall–Kier alpha value is -4.24. The highest BCUT2D eigenvalue weighted by Crippen LogP contribution is 2.42. The second-order valence-electron chi connectivity index (χ2n) is 6.95. The van der Waals surface area contributed by atoms with Crippen LogP contribution in [0.3, 0.4) is 0 Å². The lowest BCUT2D eigenvalue weighted by molar-refractivity contribution is -0.133. The topological polar surface area (TPSA) is 187 Å². The molecule has 0 spiro atoms. The maximum atomic E-state index is 15.5. The van der Waals surface area contributed by atoms with Crippen LogP contribution < -0.4 is 34.5 Å². The summed E-state index contributed by atoms with van der Waals surface area (Å²) < 4.78 is 223. The summed E-state index contributed by atoms with van der Waals surface area (Å²) in [6.07, 6.45) is -1.41. The van der Waals surface area contributed by atoms with Crippen LogP contribution in [0.4, 0.5) is 33.5 Å². The maximum Gasteiger partial charge on any atom is 0.471 e. The van der Waals surface area contributed by atoms with E-state index in [2.05, 4.69) is 29.5 Å². The number of halogens is 1. The highest BCUT2D eigenvalue weighted by Gasteiger charge is 2.42. The average Bonchev–Trinajstić information content (AvgIpc) is 3.03. The second kappa shape index (κ2) is 11.1. The van der Waals surface area contributed by atoms with Crippen molar-refractivity contribution in [2.75, 3.05) is 43.3 Å². The van der Waals surface area contributed by atoms with E-state index in [9.17, 15) is 19.1 Å². The van der Waals surface area contributed by atoms with Crippen molar-refractivity contribution in [3.05, 3.63) is 36.2 Å². The van der Waals surface area contributed by atoms with Gasteiger partial charge < -0.3 is 39.4 Å². The number of carbonyl (C=O) groups excluding carboxylic acids is 1. The molecule has 0 bridgehead atoms. The molecule has 1 amide bonds. The average molecular weight is 603 g/mol. The Labute approximate surface area is 258 Å². The Morgan fingerprint density at radius 2 is 1.90 bits per heavy atom. The van der Waals surface area contributed by atoms with E-state index in [1.807, 2.05) is 5.32 Å². The van der Waals surface area contributed by atoms with Crippen LogP contribution >= 0.6 is 7.82 Å². The molecule has 40 heavy (non-hydrogen) atoms. The molecule has 0 saturated heterocycles. The molecule has 2 aromatic heterocycles. The first kappa shape index (κ1) is 11.7. The zero-order valence-corrected chi connectivity index (χ0v) is 19.8. The third kappa shape index (κ3) is 6.15. The molecule has 1 aliphatic heterocycles. The molecule has 15 nitrogen and oxygen atoms in total. The first-order chi connectivity index (χ1) is 27.6. The number of nitrogens with one attached hydrogen (secondary N) is 2. The van der Waals surface area contributed by atoms with Gasteiger partial charge in [-0.25, -0.2) is 18.9 Å². The first-order valence-electron chi connectivity index (χ1n) is 20.8. The third-order valence-corrected chi connectivity index (χ3v) is 4.61. The van der Waals surface area contributed by atoms with Gasteiger partial charge in [-0.15, -0.1) is 0 Å². The van der Waals surface area contributed by atoms with E-state index in [0.29, 0.717) is 0 Å². The molecule has 4 rings (SSSR count). The molecule has 1 aromatic carbocycles. The van der Waals surface area contributed by atoms with Crippen molar-refractivity contribution in [2.24, 2.45) is 0 Å². The molecule has 3 heterocycles. The van der Waals surface area contributed by atoms with Gasteiger partial charge in [-0.2, -0.15) is 4.98 Å². The number of carbonyl (C=O) groups is 1. The lowest BCUT2D eigenvalue weighted by Crippen LogP contribution is -2.53. The van der Waals surface area contributed by atoms with Gasteiger partial charge in [0.25, 0.3) is 5.91 Å². The number of nitrogens with zero attached hydrogens (tertiary/aromatic N) is 4. The van der Waals surface area contributed by atoms with Crippen LogP contribution in [-0.4, -0.2) is 64.0 Å². The van der Waals surface area contributed by atoms with Crippen molar-refractivity contribution in [2.45, 2.75) is 19.3 Å². The number of aromatic nitrogens is 3. The first-order valence-corrected chi connectivity index (χ1v) is 11.3. The number of amides is 1. The quantitative estimate of drug-likeness (QED) is 0.248. The minimum atomic E-state index is -6.04. The summed E-state index contributed by atoms with van der Waals surface area (Å²) in [5.74, 6) is -14.9. The zero-order valence-electron chi connectivity index (χ0n) is 40.9. The number of rotatable bonds is 10. The van der Waals surface area contributed by atoms with Crippen LogP contribution in [0.2, 0.25) is 0 Å². The summed E-state index contributed by atoms with van der Waals surface area (Å²) in [5.41, 5.74) is -5.24. The lowest BCUT2D eigenvalue weighted by atomic mass is 10.1. The molecule has 0 radical (unpaired) electrons. The fourth-order valence-electron chi connectivity index (χ4n) is 2.74. The highest BCUT2D eigenvalue weighted by molar-refractivity contribution is 7.46. The maximum absolute atomic E-state index is 15.5. The number of anilines is 5. The minimum absolute atomic E-state index is 0.658. The monoisotopic (exact) mass is 602 g/mol. The summed E-state index contributed by atoms with van der Waals surface area (Å²) >= 11 is 0. The number of methoxy groups -OCH3 is 3. The number of benzene rings is 1. The number of pyridine rings is 1. The van der Waals surface area contributed by atoms with E-state index in [0.717, 1.165) is 0 Å². The Morgan fingerprint density at radius 1 is 1.18 bits per heavy atom.